The molecule has 0 fully saturated rings. The minimum Gasteiger partial charge on any atom is -0.350 e. The van der Waals surface area contributed by atoms with Crippen molar-refractivity contribution in [3.05, 3.63) is 65.7 Å². The van der Waals surface area contributed by atoms with E-state index in [9.17, 15) is 9.59 Å². The van der Waals surface area contributed by atoms with Gasteiger partial charge in [-0.3, -0.25) is 9.59 Å². The average Bonchev–Trinajstić information content (AvgIpc) is 2.53. The summed E-state index contributed by atoms with van der Waals surface area (Å²) < 4.78 is 0. The third-order valence-electron chi connectivity index (χ3n) is 3.53. The van der Waals surface area contributed by atoms with Gasteiger partial charge >= 0.3 is 0 Å². The Morgan fingerprint density at radius 3 is 2.48 bits per heavy atom. The summed E-state index contributed by atoms with van der Waals surface area (Å²) in [4.78, 5) is 23.4. The SMILES string of the molecule is CC(=O)Nc1cccc(C(=O)N[C@@H](C)CCc2ccccc2)c1. The summed E-state index contributed by atoms with van der Waals surface area (Å²) in [6.07, 6.45) is 1.80. The molecule has 0 saturated carbocycles. The summed E-state index contributed by atoms with van der Waals surface area (Å²) in [5.41, 5.74) is 2.44. The van der Waals surface area contributed by atoms with Gasteiger partial charge in [-0.2, -0.15) is 0 Å². The van der Waals surface area contributed by atoms with Crippen LogP contribution in [0.5, 0.6) is 0 Å². The molecule has 0 radical (unpaired) electrons. The first kappa shape index (κ1) is 16.7. The molecule has 23 heavy (non-hydrogen) atoms. The van der Waals surface area contributed by atoms with E-state index >= 15 is 0 Å². The fourth-order valence-electron chi connectivity index (χ4n) is 2.35. The van der Waals surface area contributed by atoms with Gasteiger partial charge in [-0.15, -0.1) is 0 Å². The molecule has 1 atom stereocenters. The Morgan fingerprint density at radius 1 is 1.04 bits per heavy atom. The molecule has 0 aromatic heterocycles. The minimum atomic E-state index is -0.154. The van der Waals surface area contributed by atoms with Gasteiger partial charge in [-0.1, -0.05) is 36.4 Å². The van der Waals surface area contributed by atoms with E-state index in [0.717, 1.165) is 12.8 Å². The zero-order valence-electron chi connectivity index (χ0n) is 13.5. The van der Waals surface area contributed by atoms with Gasteiger partial charge < -0.3 is 10.6 Å². The fourth-order valence-corrected chi connectivity index (χ4v) is 2.35. The van der Waals surface area contributed by atoms with Crippen molar-refractivity contribution in [1.29, 1.82) is 0 Å². The molecular weight excluding hydrogens is 288 g/mol. The molecule has 0 aliphatic carbocycles. The van der Waals surface area contributed by atoms with Crippen molar-refractivity contribution in [3.8, 4) is 0 Å². The van der Waals surface area contributed by atoms with E-state index in [1.165, 1.54) is 12.5 Å². The lowest BCUT2D eigenvalue weighted by Crippen LogP contribution is -2.32. The highest BCUT2D eigenvalue weighted by Crippen LogP contribution is 2.11. The molecule has 2 aromatic carbocycles. The fraction of sp³-hybridized carbons (Fsp3) is 0.263. The summed E-state index contributed by atoms with van der Waals surface area (Å²) in [7, 11) is 0. The van der Waals surface area contributed by atoms with E-state index in [1.807, 2.05) is 25.1 Å². The maximum atomic E-state index is 12.3. The Morgan fingerprint density at radius 2 is 1.78 bits per heavy atom. The van der Waals surface area contributed by atoms with Gasteiger partial charge in [-0.05, 0) is 43.5 Å². The molecule has 2 rings (SSSR count). The van der Waals surface area contributed by atoms with Crippen molar-refractivity contribution in [2.24, 2.45) is 0 Å². The van der Waals surface area contributed by atoms with E-state index in [4.69, 9.17) is 0 Å². The molecule has 0 heterocycles. The number of hydrogen-bond acceptors (Lipinski definition) is 2. The van der Waals surface area contributed by atoms with Crippen LogP contribution in [0.25, 0.3) is 0 Å². The number of amides is 2. The lowest BCUT2D eigenvalue weighted by atomic mass is 10.1. The molecule has 120 valence electrons. The number of nitrogens with one attached hydrogen (secondary N) is 2. The zero-order chi connectivity index (χ0) is 16.7. The molecule has 4 heteroatoms. The molecule has 2 N–H and O–H groups in total. The summed E-state index contributed by atoms with van der Waals surface area (Å²) in [5, 5.41) is 5.68. The molecule has 0 bridgehead atoms. The second-order valence-electron chi connectivity index (χ2n) is 5.66. The normalized spacial score (nSPS) is 11.6. The summed E-state index contributed by atoms with van der Waals surface area (Å²) in [6.45, 7) is 3.44. The number of anilines is 1. The first-order valence-electron chi connectivity index (χ1n) is 7.77. The first-order valence-corrected chi connectivity index (χ1v) is 7.77. The lowest BCUT2D eigenvalue weighted by molar-refractivity contribution is -0.114. The van der Waals surface area contributed by atoms with Gasteiger partial charge in [-0.25, -0.2) is 0 Å². The van der Waals surface area contributed by atoms with Crippen molar-refractivity contribution >= 4 is 17.5 Å². The van der Waals surface area contributed by atoms with Crippen LogP contribution in [0, 0.1) is 0 Å². The molecule has 0 aliphatic heterocycles. The quantitative estimate of drug-likeness (QED) is 0.859. The molecule has 0 unspecified atom stereocenters. The number of benzene rings is 2. The van der Waals surface area contributed by atoms with E-state index < -0.39 is 0 Å². The molecular formula is C19H22N2O2. The van der Waals surface area contributed by atoms with Crippen molar-refractivity contribution in [1.82, 2.24) is 5.32 Å². The number of aryl methyl sites for hydroxylation is 1. The minimum absolute atomic E-state index is 0.0760. The summed E-state index contributed by atoms with van der Waals surface area (Å²) in [6, 6.07) is 17.2. The third kappa shape index (κ3) is 5.58. The van der Waals surface area contributed by atoms with Gasteiger partial charge in [0.15, 0.2) is 0 Å². The molecule has 2 aromatic rings. The Balaban J connectivity index is 1.89. The van der Waals surface area contributed by atoms with E-state index in [-0.39, 0.29) is 17.9 Å². The summed E-state index contributed by atoms with van der Waals surface area (Å²) in [5.74, 6) is -0.281. The number of rotatable bonds is 6. The standard InChI is InChI=1S/C19H22N2O2/c1-14(11-12-16-7-4-3-5-8-16)20-19(23)17-9-6-10-18(13-17)21-15(2)22/h3-10,13-14H,11-12H2,1-2H3,(H,20,23)(H,21,22)/t14-/m0/s1. The topological polar surface area (TPSA) is 58.2 Å². The van der Waals surface area contributed by atoms with Crippen molar-refractivity contribution < 1.29 is 9.59 Å². The largest absolute Gasteiger partial charge is 0.350 e. The molecule has 4 nitrogen and oxygen atoms in total. The van der Waals surface area contributed by atoms with Crippen LogP contribution in [0.1, 0.15) is 36.2 Å². The average molecular weight is 310 g/mol. The lowest BCUT2D eigenvalue weighted by Gasteiger charge is -2.14. The molecule has 2 amide bonds. The second kappa shape index (κ2) is 8.13. The van der Waals surface area contributed by atoms with E-state index in [0.29, 0.717) is 11.3 Å². The van der Waals surface area contributed by atoms with Crippen LogP contribution in [0.3, 0.4) is 0 Å². The van der Waals surface area contributed by atoms with Gasteiger partial charge in [0.2, 0.25) is 5.91 Å². The first-order chi connectivity index (χ1) is 11.0. The van der Waals surface area contributed by atoms with Gasteiger partial charge in [0.05, 0.1) is 0 Å². The Labute approximate surface area is 136 Å². The monoisotopic (exact) mass is 310 g/mol. The Hall–Kier alpha value is -2.62. The summed E-state index contributed by atoms with van der Waals surface area (Å²) >= 11 is 0. The predicted molar refractivity (Wildman–Crippen MR) is 92.4 cm³/mol. The highest BCUT2D eigenvalue weighted by Gasteiger charge is 2.10. The van der Waals surface area contributed by atoms with Crippen LogP contribution in [-0.2, 0) is 11.2 Å². The van der Waals surface area contributed by atoms with Gasteiger partial charge in [0, 0.05) is 24.2 Å². The number of carbonyl (C=O) groups excluding carboxylic acids is 2. The van der Waals surface area contributed by atoms with Crippen LogP contribution in [0.15, 0.2) is 54.6 Å². The number of hydrogen-bond donors (Lipinski definition) is 2. The van der Waals surface area contributed by atoms with Crippen molar-refractivity contribution in [2.75, 3.05) is 5.32 Å². The maximum absolute atomic E-state index is 12.3. The molecule has 0 aliphatic rings. The predicted octanol–water partition coefficient (Wildman–Crippen LogP) is 3.40. The highest BCUT2D eigenvalue weighted by molar-refractivity contribution is 5.96. The van der Waals surface area contributed by atoms with Crippen LogP contribution in [0.2, 0.25) is 0 Å². The Bertz CT molecular complexity index is 668. The molecule has 0 saturated heterocycles. The smallest absolute Gasteiger partial charge is 0.251 e. The maximum Gasteiger partial charge on any atom is 0.251 e. The van der Waals surface area contributed by atoms with Crippen molar-refractivity contribution in [2.45, 2.75) is 32.7 Å². The van der Waals surface area contributed by atoms with E-state index in [2.05, 4.69) is 22.8 Å². The highest BCUT2D eigenvalue weighted by atomic mass is 16.2. The Kier molecular flexibility index (Phi) is 5.92. The third-order valence-corrected chi connectivity index (χ3v) is 3.53. The van der Waals surface area contributed by atoms with Gasteiger partial charge in [0.1, 0.15) is 0 Å². The van der Waals surface area contributed by atoms with Crippen molar-refractivity contribution in [3.63, 3.8) is 0 Å². The zero-order valence-corrected chi connectivity index (χ0v) is 13.5. The second-order valence-corrected chi connectivity index (χ2v) is 5.66. The van der Waals surface area contributed by atoms with Crippen LogP contribution in [-0.4, -0.2) is 17.9 Å². The van der Waals surface area contributed by atoms with Gasteiger partial charge in [0.25, 0.3) is 5.91 Å². The van der Waals surface area contributed by atoms with Crippen LogP contribution < -0.4 is 10.6 Å². The van der Waals surface area contributed by atoms with Crippen LogP contribution in [0.4, 0.5) is 5.69 Å². The van der Waals surface area contributed by atoms with Crippen LogP contribution >= 0.6 is 0 Å². The van der Waals surface area contributed by atoms with E-state index in [1.54, 1.807) is 24.3 Å². The molecule has 0 spiro atoms. The number of carbonyl (C=O) groups is 2.